The van der Waals surface area contributed by atoms with Crippen LogP contribution in [0.4, 0.5) is 0 Å². The van der Waals surface area contributed by atoms with Crippen molar-refractivity contribution in [1.29, 1.82) is 0 Å². The van der Waals surface area contributed by atoms with Gasteiger partial charge in [0.25, 0.3) is 5.91 Å². The summed E-state index contributed by atoms with van der Waals surface area (Å²) in [6, 6.07) is 13.3. The van der Waals surface area contributed by atoms with Crippen LogP contribution in [0.25, 0.3) is 0 Å². The Morgan fingerprint density at radius 1 is 1.17 bits per heavy atom. The summed E-state index contributed by atoms with van der Waals surface area (Å²) < 4.78 is 33.3. The van der Waals surface area contributed by atoms with Crippen molar-refractivity contribution in [2.45, 2.75) is 50.3 Å². The number of amides is 1. The van der Waals surface area contributed by atoms with Crippen LogP contribution in [-0.2, 0) is 14.8 Å². The van der Waals surface area contributed by atoms with Gasteiger partial charge < -0.3 is 10.1 Å². The van der Waals surface area contributed by atoms with Crippen molar-refractivity contribution in [2.24, 2.45) is 0 Å². The number of halogens is 1. The molecular weight excluding hydrogens is 424 g/mol. The lowest BCUT2D eigenvalue weighted by Gasteiger charge is -2.34. The van der Waals surface area contributed by atoms with Gasteiger partial charge in [-0.15, -0.1) is 0 Å². The van der Waals surface area contributed by atoms with E-state index in [4.69, 9.17) is 16.3 Å². The van der Waals surface area contributed by atoms with E-state index in [2.05, 4.69) is 5.32 Å². The first-order chi connectivity index (χ1) is 14.2. The molecule has 6 nitrogen and oxygen atoms in total. The predicted molar refractivity (Wildman–Crippen MR) is 117 cm³/mol. The first-order valence-corrected chi connectivity index (χ1v) is 11.8. The molecule has 1 N–H and O–H groups in total. The molecule has 0 spiro atoms. The molecule has 1 aliphatic heterocycles. The predicted octanol–water partition coefficient (Wildman–Crippen LogP) is 4.02. The molecule has 3 rings (SSSR count). The molecule has 3 unspecified atom stereocenters. The second-order valence-electron chi connectivity index (χ2n) is 7.59. The second kappa shape index (κ2) is 9.47. The fourth-order valence-electron chi connectivity index (χ4n) is 3.63. The Labute approximate surface area is 183 Å². The van der Waals surface area contributed by atoms with Gasteiger partial charge in [0.05, 0.1) is 23.1 Å². The van der Waals surface area contributed by atoms with Crippen molar-refractivity contribution in [2.75, 3.05) is 13.1 Å². The lowest BCUT2D eigenvalue weighted by atomic mass is 10.0. The van der Waals surface area contributed by atoms with Gasteiger partial charge in [-0.2, -0.15) is 4.31 Å². The third kappa shape index (κ3) is 5.21. The SMILES string of the molecule is CCC(NC(=O)c1cccc(S(=O)(=O)N2CC(C)OC(C)C2)c1)c1ccc(Cl)cc1. The molecule has 1 amide bonds. The molecule has 2 aromatic carbocycles. The highest BCUT2D eigenvalue weighted by Gasteiger charge is 2.32. The number of sulfonamides is 1. The summed E-state index contributed by atoms with van der Waals surface area (Å²) in [5, 5.41) is 3.61. The van der Waals surface area contributed by atoms with Crippen molar-refractivity contribution < 1.29 is 17.9 Å². The molecule has 0 aliphatic carbocycles. The normalized spacial score (nSPS) is 21.2. The van der Waals surface area contributed by atoms with Crippen LogP contribution < -0.4 is 5.32 Å². The average molecular weight is 451 g/mol. The van der Waals surface area contributed by atoms with Gasteiger partial charge in [-0.3, -0.25) is 4.79 Å². The summed E-state index contributed by atoms with van der Waals surface area (Å²) >= 11 is 5.95. The van der Waals surface area contributed by atoms with Gasteiger partial charge >= 0.3 is 0 Å². The number of ether oxygens (including phenoxy) is 1. The molecule has 0 radical (unpaired) electrons. The zero-order valence-corrected chi connectivity index (χ0v) is 18.9. The molecule has 3 atom stereocenters. The number of carbonyl (C=O) groups is 1. The van der Waals surface area contributed by atoms with Crippen LogP contribution in [0.5, 0.6) is 0 Å². The molecule has 162 valence electrons. The van der Waals surface area contributed by atoms with Gasteiger partial charge in [-0.05, 0) is 56.2 Å². The number of rotatable bonds is 6. The summed E-state index contributed by atoms with van der Waals surface area (Å²) in [6.45, 7) is 6.25. The zero-order valence-electron chi connectivity index (χ0n) is 17.3. The third-order valence-electron chi connectivity index (χ3n) is 5.11. The first kappa shape index (κ1) is 22.7. The Hall–Kier alpha value is -1.93. The van der Waals surface area contributed by atoms with E-state index >= 15 is 0 Å². The highest BCUT2D eigenvalue weighted by Crippen LogP contribution is 2.23. The van der Waals surface area contributed by atoms with Crippen LogP contribution in [0.1, 0.15) is 49.2 Å². The van der Waals surface area contributed by atoms with Crippen LogP contribution in [0.2, 0.25) is 5.02 Å². The summed E-state index contributed by atoms with van der Waals surface area (Å²) in [5.74, 6) is -0.322. The molecule has 8 heteroatoms. The van der Waals surface area contributed by atoms with Gasteiger partial charge in [0, 0.05) is 23.7 Å². The number of nitrogens with zero attached hydrogens (tertiary/aromatic N) is 1. The molecule has 1 aliphatic rings. The smallest absolute Gasteiger partial charge is 0.251 e. The second-order valence-corrected chi connectivity index (χ2v) is 9.97. The standard InChI is InChI=1S/C22H27ClN2O4S/c1-4-21(17-8-10-19(23)11-9-17)24-22(26)18-6-5-7-20(12-18)30(27,28)25-13-15(2)29-16(3)14-25/h5-12,15-16,21H,4,13-14H2,1-3H3,(H,24,26). The summed E-state index contributed by atoms with van der Waals surface area (Å²) in [5.41, 5.74) is 1.24. The van der Waals surface area contributed by atoms with Crippen molar-refractivity contribution in [1.82, 2.24) is 9.62 Å². The Morgan fingerprint density at radius 3 is 2.40 bits per heavy atom. The van der Waals surface area contributed by atoms with E-state index < -0.39 is 10.0 Å². The number of hydrogen-bond acceptors (Lipinski definition) is 4. The summed E-state index contributed by atoms with van der Waals surface area (Å²) in [6.07, 6.45) is 0.328. The van der Waals surface area contributed by atoms with Gasteiger partial charge in [-0.25, -0.2) is 8.42 Å². The summed E-state index contributed by atoms with van der Waals surface area (Å²) in [4.78, 5) is 13.0. The topological polar surface area (TPSA) is 75.7 Å². The Morgan fingerprint density at radius 2 is 1.80 bits per heavy atom. The number of hydrogen-bond donors (Lipinski definition) is 1. The highest BCUT2D eigenvalue weighted by atomic mass is 35.5. The monoisotopic (exact) mass is 450 g/mol. The summed E-state index contributed by atoms with van der Waals surface area (Å²) in [7, 11) is -3.72. The third-order valence-corrected chi connectivity index (χ3v) is 7.19. The molecule has 1 heterocycles. The van der Waals surface area contributed by atoms with Gasteiger partial charge in [0.15, 0.2) is 0 Å². The number of nitrogens with one attached hydrogen (secondary N) is 1. The quantitative estimate of drug-likeness (QED) is 0.721. The fraction of sp³-hybridized carbons (Fsp3) is 0.409. The molecule has 0 bridgehead atoms. The minimum Gasteiger partial charge on any atom is -0.373 e. The molecular formula is C22H27ClN2O4S. The lowest BCUT2D eigenvalue weighted by molar-refractivity contribution is -0.0440. The van der Waals surface area contributed by atoms with E-state index in [-0.39, 0.29) is 42.1 Å². The number of morpholine rings is 1. The largest absolute Gasteiger partial charge is 0.373 e. The minimum absolute atomic E-state index is 0.107. The average Bonchev–Trinajstić information content (AvgIpc) is 2.72. The van der Waals surface area contributed by atoms with Crippen molar-refractivity contribution >= 4 is 27.5 Å². The maximum absolute atomic E-state index is 13.1. The molecule has 1 saturated heterocycles. The first-order valence-electron chi connectivity index (χ1n) is 10.0. The van der Waals surface area contributed by atoms with Crippen LogP contribution in [0.3, 0.4) is 0 Å². The molecule has 2 aromatic rings. The molecule has 1 fully saturated rings. The number of carbonyl (C=O) groups excluding carboxylic acids is 1. The Bertz CT molecular complexity index is 984. The number of benzene rings is 2. The zero-order chi connectivity index (χ0) is 21.9. The van der Waals surface area contributed by atoms with Crippen LogP contribution in [-0.4, -0.2) is 43.9 Å². The van der Waals surface area contributed by atoms with E-state index in [0.717, 1.165) is 5.56 Å². The van der Waals surface area contributed by atoms with Crippen LogP contribution >= 0.6 is 11.6 Å². The van der Waals surface area contributed by atoms with Crippen molar-refractivity contribution in [3.63, 3.8) is 0 Å². The van der Waals surface area contributed by atoms with Gasteiger partial charge in [0.1, 0.15) is 0 Å². The van der Waals surface area contributed by atoms with E-state index in [1.165, 1.54) is 16.4 Å². The van der Waals surface area contributed by atoms with Crippen LogP contribution in [0, 0.1) is 0 Å². The maximum atomic E-state index is 13.1. The molecule has 0 saturated carbocycles. The van der Waals surface area contributed by atoms with Gasteiger partial charge in [0.2, 0.25) is 10.0 Å². The van der Waals surface area contributed by atoms with E-state index in [1.807, 2.05) is 32.9 Å². The Balaban J connectivity index is 1.80. The van der Waals surface area contributed by atoms with E-state index in [1.54, 1.807) is 24.3 Å². The molecule has 30 heavy (non-hydrogen) atoms. The lowest BCUT2D eigenvalue weighted by Crippen LogP contribution is -2.48. The van der Waals surface area contributed by atoms with Crippen molar-refractivity contribution in [3.05, 3.63) is 64.7 Å². The van der Waals surface area contributed by atoms with Gasteiger partial charge in [-0.1, -0.05) is 36.7 Å². The maximum Gasteiger partial charge on any atom is 0.251 e. The van der Waals surface area contributed by atoms with E-state index in [9.17, 15) is 13.2 Å². The fourth-order valence-corrected chi connectivity index (χ4v) is 5.39. The van der Waals surface area contributed by atoms with E-state index in [0.29, 0.717) is 17.0 Å². The van der Waals surface area contributed by atoms with Crippen LogP contribution in [0.15, 0.2) is 53.4 Å². The van der Waals surface area contributed by atoms with Crippen molar-refractivity contribution in [3.8, 4) is 0 Å². The Kier molecular flexibility index (Phi) is 7.18. The molecule has 0 aromatic heterocycles. The highest BCUT2D eigenvalue weighted by molar-refractivity contribution is 7.89. The minimum atomic E-state index is -3.72.